The third kappa shape index (κ3) is 1.50. The van der Waals surface area contributed by atoms with E-state index < -0.39 is 29.2 Å². The molecular formula is C16H11FN2O3. The van der Waals surface area contributed by atoms with Gasteiger partial charge in [-0.05, 0) is 29.8 Å². The highest BCUT2D eigenvalue weighted by molar-refractivity contribution is 6.13. The van der Waals surface area contributed by atoms with E-state index in [4.69, 9.17) is 0 Å². The van der Waals surface area contributed by atoms with E-state index in [0.29, 0.717) is 16.9 Å². The lowest BCUT2D eigenvalue weighted by Gasteiger charge is -2.26. The lowest BCUT2D eigenvalue weighted by molar-refractivity contribution is -0.141. The summed E-state index contributed by atoms with van der Waals surface area (Å²) >= 11 is 0. The molecule has 0 fully saturated rings. The predicted molar refractivity (Wildman–Crippen MR) is 76.7 cm³/mol. The van der Waals surface area contributed by atoms with Crippen molar-refractivity contribution in [3.05, 3.63) is 59.4 Å². The van der Waals surface area contributed by atoms with E-state index in [1.807, 2.05) is 0 Å². The van der Waals surface area contributed by atoms with E-state index in [1.165, 1.54) is 12.1 Å². The summed E-state index contributed by atoms with van der Waals surface area (Å²) in [6.07, 6.45) is 0. The largest absolute Gasteiger partial charge is 0.374 e. The van der Waals surface area contributed by atoms with Crippen molar-refractivity contribution in [2.75, 3.05) is 10.6 Å². The molecule has 5 nitrogen and oxygen atoms in total. The quantitative estimate of drug-likeness (QED) is 0.750. The Morgan fingerprint density at radius 2 is 1.82 bits per heavy atom. The van der Waals surface area contributed by atoms with E-state index in [1.54, 1.807) is 24.3 Å². The molecule has 6 heteroatoms. The number of benzene rings is 2. The van der Waals surface area contributed by atoms with Gasteiger partial charge in [-0.25, -0.2) is 4.39 Å². The van der Waals surface area contributed by atoms with Gasteiger partial charge in [0.25, 0.3) is 5.91 Å². The molecule has 2 atom stereocenters. The van der Waals surface area contributed by atoms with Crippen LogP contribution in [0.1, 0.15) is 17.0 Å². The van der Waals surface area contributed by atoms with E-state index in [9.17, 15) is 19.1 Å². The Labute approximate surface area is 124 Å². The van der Waals surface area contributed by atoms with Crippen LogP contribution in [0.15, 0.2) is 42.5 Å². The van der Waals surface area contributed by atoms with Gasteiger partial charge in [-0.1, -0.05) is 18.2 Å². The molecule has 2 aromatic rings. The second-order valence-electron chi connectivity index (χ2n) is 5.42. The normalized spacial score (nSPS) is 25.5. The minimum Gasteiger partial charge on any atom is -0.374 e. The number of amides is 2. The summed E-state index contributed by atoms with van der Waals surface area (Å²) in [5.74, 6) is -2.92. The van der Waals surface area contributed by atoms with Gasteiger partial charge < -0.3 is 15.7 Å². The van der Waals surface area contributed by atoms with Crippen molar-refractivity contribution >= 4 is 23.2 Å². The average molecular weight is 298 g/mol. The van der Waals surface area contributed by atoms with Crippen LogP contribution < -0.4 is 10.6 Å². The highest BCUT2D eigenvalue weighted by atomic mass is 19.1. The fourth-order valence-electron chi connectivity index (χ4n) is 3.19. The first kappa shape index (κ1) is 13.0. The first-order chi connectivity index (χ1) is 10.5. The van der Waals surface area contributed by atoms with Gasteiger partial charge in [-0.15, -0.1) is 0 Å². The van der Waals surface area contributed by atoms with Gasteiger partial charge in [0.2, 0.25) is 5.91 Å². The zero-order chi connectivity index (χ0) is 15.5. The van der Waals surface area contributed by atoms with Crippen LogP contribution in [-0.4, -0.2) is 16.9 Å². The molecule has 2 aliphatic heterocycles. The number of aliphatic hydroxyl groups is 1. The van der Waals surface area contributed by atoms with Crippen molar-refractivity contribution in [2.45, 2.75) is 11.5 Å². The van der Waals surface area contributed by atoms with Gasteiger partial charge in [0.15, 0.2) is 5.60 Å². The second kappa shape index (κ2) is 4.14. The molecule has 0 spiro atoms. The molecule has 2 amide bonds. The highest BCUT2D eigenvalue weighted by Crippen LogP contribution is 2.49. The lowest BCUT2D eigenvalue weighted by atomic mass is 9.78. The van der Waals surface area contributed by atoms with Crippen LogP contribution in [0.5, 0.6) is 0 Å². The van der Waals surface area contributed by atoms with Crippen LogP contribution in [0.4, 0.5) is 15.8 Å². The number of nitrogens with one attached hydrogen (secondary N) is 2. The Morgan fingerprint density at radius 1 is 1.05 bits per heavy atom. The molecule has 0 saturated carbocycles. The number of carbonyl (C=O) groups is 2. The van der Waals surface area contributed by atoms with Gasteiger partial charge in [-0.2, -0.15) is 0 Å². The standard InChI is InChI=1S/C16H11FN2O3/c17-8-5-6-12-10(7-8)16(22,15(21)19-12)13-9-3-1-2-4-11(9)18-14(13)20/h1-7,13,22H,(H,18,20)(H,19,21)/t13-,16-/m0/s1. The van der Waals surface area contributed by atoms with Crippen LogP contribution in [0.25, 0.3) is 0 Å². The number of hydrogen-bond acceptors (Lipinski definition) is 3. The smallest absolute Gasteiger partial charge is 0.262 e. The number of hydrogen-bond donors (Lipinski definition) is 3. The Balaban J connectivity index is 1.95. The van der Waals surface area contributed by atoms with Crippen molar-refractivity contribution < 1.29 is 19.1 Å². The number of halogens is 1. The molecule has 2 aromatic carbocycles. The van der Waals surface area contributed by atoms with Gasteiger partial charge in [0.05, 0.1) is 0 Å². The fraction of sp³-hybridized carbons (Fsp3) is 0.125. The molecule has 0 saturated heterocycles. The number of rotatable bonds is 1. The van der Waals surface area contributed by atoms with Crippen LogP contribution in [0, 0.1) is 5.82 Å². The number of fused-ring (bicyclic) bond motifs is 2. The maximum Gasteiger partial charge on any atom is 0.262 e. The van der Waals surface area contributed by atoms with Crippen molar-refractivity contribution in [3.8, 4) is 0 Å². The minimum absolute atomic E-state index is 0.0781. The zero-order valence-corrected chi connectivity index (χ0v) is 11.3. The molecule has 0 unspecified atom stereocenters. The van der Waals surface area contributed by atoms with Crippen LogP contribution in [-0.2, 0) is 15.2 Å². The molecule has 0 bridgehead atoms. The lowest BCUT2D eigenvalue weighted by Crippen LogP contribution is -2.43. The van der Waals surface area contributed by atoms with Crippen molar-refractivity contribution in [2.24, 2.45) is 0 Å². The zero-order valence-electron chi connectivity index (χ0n) is 11.3. The minimum atomic E-state index is -2.13. The maximum atomic E-state index is 13.6. The summed E-state index contributed by atoms with van der Waals surface area (Å²) < 4.78 is 13.6. The van der Waals surface area contributed by atoms with Crippen molar-refractivity contribution in [3.63, 3.8) is 0 Å². The Morgan fingerprint density at radius 3 is 2.64 bits per heavy atom. The summed E-state index contributed by atoms with van der Waals surface area (Å²) in [7, 11) is 0. The van der Waals surface area contributed by atoms with Crippen molar-refractivity contribution in [1.82, 2.24) is 0 Å². The number of anilines is 2. The molecule has 0 aromatic heterocycles. The van der Waals surface area contributed by atoms with Gasteiger partial charge in [0.1, 0.15) is 11.7 Å². The van der Waals surface area contributed by atoms with Gasteiger partial charge >= 0.3 is 0 Å². The molecule has 3 N–H and O–H groups in total. The van der Waals surface area contributed by atoms with E-state index >= 15 is 0 Å². The summed E-state index contributed by atoms with van der Waals surface area (Å²) in [6.45, 7) is 0. The fourth-order valence-corrected chi connectivity index (χ4v) is 3.19. The Bertz CT molecular complexity index is 836. The monoisotopic (exact) mass is 298 g/mol. The molecule has 4 rings (SSSR count). The Hall–Kier alpha value is -2.73. The van der Waals surface area contributed by atoms with E-state index in [0.717, 1.165) is 6.07 Å². The molecule has 0 aliphatic carbocycles. The number of para-hydroxylation sites is 1. The molecule has 2 aliphatic rings. The summed E-state index contributed by atoms with van der Waals surface area (Å²) in [5, 5.41) is 16.2. The first-order valence-electron chi connectivity index (χ1n) is 6.75. The molecule has 2 heterocycles. The predicted octanol–water partition coefficient (Wildman–Crippen LogP) is 1.70. The van der Waals surface area contributed by atoms with E-state index in [2.05, 4.69) is 10.6 Å². The topological polar surface area (TPSA) is 78.4 Å². The number of carbonyl (C=O) groups excluding carboxylic acids is 2. The summed E-state index contributed by atoms with van der Waals surface area (Å²) in [6, 6.07) is 10.5. The third-order valence-corrected chi connectivity index (χ3v) is 4.20. The van der Waals surface area contributed by atoms with Crippen molar-refractivity contribution in [1.29, 1.82) is 0 Å². The maximum absolute atomic E-state index is 13.6. The first-order valence-corrected chi connectivity index (χ1v) is 6.75. The summed E-state index contributed by atoms with van der Waals surface area (Å²) in [5.41, 5.74) is -0.681. The second-order valence-corrected chi connectivity index (χ2v) is 5.42. The highest BCUT2D eigenvalue weighted by Gasteiger charge is 2.57. The molecule has 22 heavy (non-hydrogen) atoms. The van der Waals surface area contributed by atoms with Crippen LogP contribution in [0.3, 0.4) is 0 Å². The summed E-state index contributed by atoms with van der Waals surface area (Å²) in [4.78, 5) is 24.7. The van der Waals surface area contributed by atoms with Gasteiger partial charge in [0, 0.05) is 16.9 Å². The SMILES string of the molecule is O=C1Nc2ccccc2[C@@H]1[C@]1(O)C(=O)Nc2ccc(F)cc21. The van der Waals surface area contributed by atoms with Crippen LogP contribution >= 0.6 is 0 Å². The Kier molecular flexibility index (Phi) is 2.44. The molecule has 110 valence electrons. The van der Waals surface area contributed by atoms with Gasteiger partial charge in [-0.3, -0.25) is 9.59 Å². The molecular weight excluding hydrogens is 287 g/mol. The third-order valence-electron chi connectivity index (χ3n) is 4.20. The molecule has 0 radical (unpaired) electrons. The van der Waals surface area contributed by atoms with Crippen LogP contribution in [0.2, 0.25) is 0 Å². The van der Waals surface area contributed by atoms with E-state index in [-0.39, 0.29) is 5.56 Å². The average Bonchev–Trinajstić information content (AvgIpc) is 2.95.